The van der Waals surface area contributed by atoms with Gasteiger partial charge in [0.05, 0.1) is 0 Å². The predicted octanol–water partition coefficient (Wildman–Crippen LogP) is 3.98. The number of halogens is 1. The monoisotopic (exact) mass is 388 g/mol. The van der Waals surface area contributed by atoms with Crippen LogP contribution in [-0.4, -0.2) is 39.8 Å². The molecule has 1 aromatic heterocycles. The molecule has 2 heterocycles. The van der Waals surface area contributed by atoms with Gasteiger partial charge in [0.25, 0.3) is 11.8 Å². The Labute approximate surface area is 161 Å². The van der Waals surface area contributed by atoms with Crippen LogP contribution in [0.15, 0.2) is 46.4 Å². The van der Waals surface area contributed by atoms with Gasteiger partial charge in [-0.2, -0.15) is 0 Å². The lowest BCUT2D eigenvalue weighted by Gasteiger charge is -2.35. The average Bonchev–Trinajstić information content (AvgIpc) is 3.09. The summed E-state index contributed by atoms with van der Waals surface area (Å²) in [6, 6.07) is 10.7. The maximum Gasteiger partial charge on any atom is 0.265 e. The van der Waals surface area contributed by atoms with Crippen molar-refractivity contribution in [3.63, 3.8) is 0 Å². The van der Waals surface area contributed by atoms with E-state index in [9.17, 15) is 9.59 Å². The Morgan fingerprint density at radius 2 is 1.58 bits per heavy atom. The minimum atomic E-state index is -0.406. The molecule has 134 valence electrons. The van der Waals surface area contributed by atoms with Gasteiger partial charge in [0, 0.05) is 23.7 Å². The van der Waals surface area contributed by atoms with Gasteiger partial charge in [-0.25, -0.2) is 0 Å². The first kappa shape index (κ1) is 18.4. The minimum absolute atomic E-state index is 0.0410. The molecule has 1 fully saturated rings. The molecule has 0 aliphatic carbocycles. The Morgan fingerprint density at radius 3 is 2.12 bits per heavy atom. The van der Waals surface area contributed by atoms with Crippen molar-refractivity contribution in [3.8, 4) is 11.3 Å². The number of benzene rings is 1. The fraction of sp³-hybridized carbons (Fsp3) is 0.211. The number of carbonyl (C=O) groups is 2. The lowest BCUT2D eigenvalue weighted by molar-refractivity contribution is -0.133. The zero-order valence-electron chi connectivity index (χ0n) is 14.4. The van der Waals surface area contributed by atoms with Crippen LogP contribution in [0.25, 0.3) is 17.4 Å². The number of furan rings is 1. The van der Waals surface area contributed by atoms with Crippen molar-refractivity contribution in [1.82, 2.24) is 9.80 Å². The minimum Gasteiger partial charge on any atom is -0.457 e. The molecule has 1 aliphatic heterocycles. The van der Waals surface area contributed by atoms with Crippen molar-refractivity contribution in [2.45, 2.75) is 13.8 Å². The molecule has 1 aromatic carbocycles. The number of nitrogens with zero attached hydrogens (tertiary/aromatic N) is 2. The second-order valence-electron chi connectivity index (χ2n) is 5.65. The van der Waals surface area contributed by atoms with Crippen LogP contribution < -0.4 is 0 Å². The summed E-state index contributed by atoms with van der Waals surface area (Å²) in [6.07, 6.45) is 1.47. The van der Waals surface area contributed by atoms with Crippen molar-refractivity contribution in [2.24, 2.45) is 0 Å². The van der Waals surface area contributed by atoms with Crippen LogP contribution >= 0.6 is 23.8 Å². The van der Waals surface area contributed by atoms with E-state index in [2.05, 4.69) is 0 Å². The quantitative estimate of drug-likeness (QED) is 0.451. The van der Waals surface area contributed by atoms with Gasteiger partial charge in [-0.15, -0.1) is 0 Å². The highest BCUT2D eigenvalue weighted by atomic mass is 35.5. The van der Waals surface area contributed by atoms with Crippen LogP contribution in [0.3, 0.4) is 0 Å². The smallest absolute Gasteiger partial charge is 0.265 e. The van der Waals surface area contributed by atoms with Crippen LogP contribution in [0.4, 0.5) is 0 Å². The number of thiocarbonyl (C=S) groups is 1. The topological polar surface area (TPSA) is 53.8 Å². The summed E-state index contributed by atoms with van der Waals surface area (Å²) < 4.78 is 5.78. The number of hydrogen-bond acceptors (Lipinski definition) is 4. The summed E-state index contributed by atoms with van der Waals surface area (Å²) in [6.45, 7) is 4.42. The van der Waals surface area contributed by atoms with E-state index in [1.54, 1.807) is 24.3 Å². The maximum absolute atomic E-state index is 12.6. The van der Waals surface area contributed by atoms with Crippen LogP contribution in [0.1, 0.15) is 19.6 Å². The van der Waals surface area contributed by atoms with Gasteiger partial charge in [0.2, 0.25) is 0 Å². The normalized spacial score (nSPS) is 15.0. The molecule has 0 radical (unpaired) electrons. The van der Waals surface area contributed by atoms with Gasteiger partial charge >= 0.3 is 0 Å². The van der Waals surface area contributed by atoms with Crippen molar-refractivity contribution in [2.75, 3.05) is 13.1 Å². The molecule has 1 saturated heterocycles. The number of rotatable bonds is 4. The molecule has 0 bridgehead atoms. The molecule has 2 aromatic rings. The highest BCUT2D eigenvalue weighted by molar-refractivity contribution is 7.80. The van der Waals surface area contributed by atoms with Gasteiger partial charge in [0.15, 0.2) is 5.11 Å². The summed E-state index contributed by atoms with van der Waals surface area (Å²) in [7, 11) is 0. The third kappa shape index (κ3) is 3.30. The second-order valence-corrected chi connectivity index (χ2v) is 6.45. The summed E-state index contributed by atoms with van der Waals surface area (Å²) >= 11 is 11.1. The molecule has 3 rings (SSSR count). The average molecular weight is 389 g/mol. The van der Waals surface area contributed by atoms with Gasteiger partial charge in [-0.05, 0) is 68.5 Å². The van der Waals surface area contributed by atoms with Crippen molar-refractivity contribution >= 4 is 46.8 Å². The van der Waals surface area contributed by atoms with E-state index >= 15 is 0 Å². The van der Waals surface area contributed by atoms with E-state index in [0.29, 0.717) is 29.6 Å². The molecule has 5 nitrogen and oxygen atoms in total. The van der Waals surface area contributed by atoms with Gasteiger partial charge < -0.3 is 4.42 Å². The fourth-order valence-corrected chi connectivity index (χ4v) is 3.27. The molecule has 0 spiro atoms. The molecule has 26 heavy (non-hydrogen) atoms. The highest BCUT2D eigenvalue weighted by Gasteiger charge is 2.38. The Kier molecular flexibility index (Phi) is 5.25. The number of amides is 2. The van der Waals surface area contributed by atoms with Crippen LogP contribution in [0, 0.1) is 0 Å². The largest absolute Gasteiger partial charge is 0.457 e. The number of likely N-dealkylation sites (N-methyl/N-ethyl adjacent to an activating group) is 2. The van der Waals surface area contributed by atoms with E-state index in [-0.39, 0.29) is 10.7 Å². The van der Waals surface area contributed by atoms with Gasteiger partial charge in [-0.3, -0.25) is 19.4 Å². The van der Waals surface area contributed by atoms with Gasteiger partial charge in [0.1, 0.15) is 17.1 Å². The van der Waals surface area contributed by atoms with Crippen molar-refractivity contribution in [1.29, 1.82) is 0 Å². The lowest BCUT2D eigenvalue weighted by atomic mass is 10.1. The summed E-state index contributed by atoms with van der Waals surface area (Å²) in [5.41, 5.74) is 0.895. The molecule has 7 heteroatoms. The number of hydrogen-bond donors (Lipinski definition) is 0. The molecular formula is C19H17ClN2O3S. The van der Waals surface area contributed by atoms with E-state index in [1.165, 1.54) is 15.9 Å². The highest BCUT2D eigenvalue weighted by Crippen LogP contribution is 2.26. The van der Waals surface area contributed by atoms with Crippen molar-refractivity contribution < 1.29 is 14.0 Å². The second kappa shape index (κ2) is 7.43. The Hall–Kier alpha value is -2.44. The summed E-state index contributed by atoms with van der Waals surface area (Å²) in [4.78, 5) is 28.1. The van der Waals surface area contributed by atoms with Crippen LogP contribution in [0.5, 0.6) is 0 Å². The molecule has 0 atom stereocenters. The molecule has 2 amide bonds. The standard InChI is InChI=1S/C19H17ClN2O3S/c1-3-21-17(23)15(18(24)22(4-2)19(21)26)11-14-9-10-16(25-14)12-5-7-13(20)8-6-12/h5-11H,3-4H2,1-2H3. The zero-order chi connectivity index (χ0) is 18.8. The SMILES string of the molecule is CCN1C(=O)C(=Cc2ccc(-c3ccc(Cl)cc3)o2)C(=O)N(CC)C1=S. The maximum atomic E-state index is 12.6. The van der Waals surface area contributed by atoms with E-state index in [0.717, 1.165) is 5.56 Å². The predicted molar refractivity (Wildman–Crippen MR) is 105 cm³/mol. The third-order valence-electron chi connectivity index (χ3n) is 4.09. The third-order valence-corrected chi connectivity index (χ3v) is 4.78. The van der Waals surface area contributed by atoms with E-state index in [1.807, 2.05) is 26.0 Å². The molecular weight excluding hydrogens is 372 g/mol. The van der Waals surface area contributed by atoms with Crippen molar-refractivity contribution in [3.05, 3.63) is 52.8 Å². The molecule has 0 unspecified atom stereocenters. The zero-order valence-corrected chi connectivity index (χ0v) is 15.9. The Balaban J connectivity index is 1.95. The summed E-state index contributed by atoms with van der Waals surface area (Å²) in [5.74, 6) is 0.235. The molecule has 0 saturated carbocycles. The lowest BCUT2D eigenvalue weighted by Crippen LogP contribution is -2.55. The molecule has 1 aliphatic rings. The fourth-order valence-electron chi connectivity index (χ4n) is 2.72. The first-order valence-corrected chi connectivity index (χ1v) is 9.00. The summed E-state index contributed by atoms with van der Waals surface area (Å²) in [5, 5.41) is 0.875. The Morgan fingerprint density at radius 1 is 1.00 bits per heavy atom. The molecule has 0 N–H and O–H groups in total. The van der Waals surface area contributed by atoms with E-state index < -0.39 is 11.8 Å². The van der Waals surface area contributed by atoms with Crippen LogP contribution in [-0.2, 0) is 9.59 Å². The first-order valence-electron chi connectivity index (χ1n) is 8.21. The van der Waals surface area contributed by atoms with Crippen LogP contribution in [0.2, 0.25) is 5.02 Å². The van der Waals surface area contributed by atoms with E-state index in [4.69, 9.17) is 28.2 Å². The number of carbonyl (C=O) groups excluding carboxylic acids is 2. The van der Waals surface area contributed by atoms with Gasteiger partial charge in [-0.1, -0.05) is 11.6 Å². The Bertz CT molecular complexity index is 874. The first-order chi connectivity index (χ1) is 12.5.